The number of alkyl carbamates (subject to hydrolysis) is 1. The normalized spacial score (nSPS) is 20.3. The lowest BCUT2D eigenvalue weighted by Crippen LogP contribution is -2.51. The van der Waals surface area contributed by atoms with Crippen LogP contribution in [0.2, 0.25) is 0 Å². The molecule has 3 aliphatic heterocycles. The molecule has 2 saturated heterocycles. The number of likely N-dealkylation sites (tertiary alicyclic amines) is 2. The van der Waals surface area contributed by atoms with Crippen LogP contribution >= 0.6 is 0 Å². The Morgan fingerprint density at radius 2 is 1.60 bits per heavy atom. The molecule has 15 nitrogen and oxygen atoms in total. The first-order chi connectivity index (χ1) is 30.3. The summed E-state index contributed by atoms with van der Waals surface area (Å²) < 4.78 is 11.3. The molecular weight excluding hydrogens is 801 g/mol. The van der Waals surface area contributed by atoms with Crippen molar-refractivity contribution in [2.75, 3.05) is 27.2 Å². The number of methoxy groups -OCH3 is 1. The van der Waals surface area contributed by atoms with E-state index in [0.717, 1.165) is 66.8 Å². The van der Waals surface area contributed by atoms with Crippen LogP contribution in [0.4, 0.5) is 9.59 Å². The second kappa shape index (κ2) is 16.4. The third kappa shape index (κ3) is 7.59. The van der Waals surface area contributed by atoms with Crippen LogP contribution in [0.1, 0.15) is 81.4 Å². The predicted octanol–water partition coefficient (Wildman–Crippen LogP) is 8.22. The smallest absolute Gasteiger partial charge is 0.407 e. The third-order valence-electron chi connectivity index (χ3n) is 12.9. The van der Waals surface area contributed by atoms with Crippen molar-refractivity contribution in [3.8, 4) is 28.1 Å². The zero-order chi connectivity index (χ0) is 44.3. The number of aromatic amines is 2. The average Bonchev–Trinajstić information content (AvgIpc) is 4.10. The van der Waals surface area contributed by atoms with Gasteiger partial charge < -0.3 is 39.7 Å². The minimum Gasteiger partial charge on any atom is -0.488 e. The molecule has 6 aromatic rings. The van der Waals surface area contributed by atoms with E-state index < -0.39 is 24.3 Å². The Morgan fingerprint density at radius 1 is 0.889 bits per heavy atom. The topological polar surface area (TPSA) is 186 Å². The molecule has 0 spiro atoms. The molecule has 0 saturated carbocycles. The standard InChI is InChI=1S/C48H52N8O7/c1-25(2)40(53-47(59)62-6)45(57)55-22-27(4)17-38(55)44-50-35-15-13-29-19-34-32-14-12-30(18-31(32)24-63-39(34)20-33(29)41(35)52-44)36-21-49-43(51-36)37-16-26(3)23-56(37)46(58)42(54(5)48(60)61)28-10-8-7-9-11-28/h7-15,18-21,25-27,37-38,40,42H,16-17,22-24H2,1-6H3,(H,49,51)(H,50,52)(H,53,59)(H,60,61)/t26-,27-,37-,38-,40-,42+/m0/s1. The fourth-order valence-electron chi connectivity index (χ4n) is 9.69. The van der Waals surface area contributed by atoms with Gasteiger partial charge in [-0.3, -0.25) is 14.5 Å². The van der Waals surface area contributed by atoms with Gasteiger partial charge in [-0.25, -0.2) is 19.6 Å². The van der Waals surface area contributed by atoms with Crippen molar-refractivity contribution < 1.29 is 33.8 Å². The van der Waals surface area contributed by atoms with Crippen molar-refractivity contribution in [1.29, 1.82) is 0 Å². The third-order valence-corrected chi connectivity index (χ3v) is 12.9. The van der Waals surface area contributed by atoms with E-state index in [9.17, 15) is 24.3 Å². The summed E-state index contributed by atoms with van der Waals surface area (Å²) in [6.45, 7) is 9.42. The minimum absolute atomic E-state index is 0.138. The number of ether oxygens (including phenoxy) is 2. The number of carbonyl (C=O) groups excluding carboxylic acids is 3. The van der Waals surface area contributed by atoms with Gasteiger partial charge in [0.15, 0.2) is 0 Å². The summed E-state index contributed by atoms with van der Waals surface area (Å²) in [5.41, 5.74) is 7.07. The molecule has 5 heterocycles. The zero-order valence-electron chi connectivity index (χ0n) is 36.2. The van der Waals surface area contributed by atoms with Gasteiger partial charge in [0.2, 0.25) is 5.91 Å². The van der Waals surface area contributed by atoms with E-state index in [1.807, 2.05) is 43.0 Å². The Labute approximate surface area is 364 Å². The van der Waals surface area contributed by atoms with Crippen LogP contribution in [-0.4, -0.2) is 97.0 Å². The minimum atomic E-state index is -1.18. The highest BCUT2D eigenvalue weighted by Gasteiger charge is 2.42. The Bertz CT molecular complexity index is 2750. The summed E-state index contributed by atoms with van der Waals surface area (Å²) >= 11 is 0. The average molecular weight is 853 g/mol. The van der Waals surface area contributed by atoms with Crippen LogP contribution in [0.3, 0.4) is 0 Å². The number of imidazole rings is 2. The number of benzene rings is 4. The molecule has 4 amide bonds. The fraction of sp³-hybridized carbons (Fsp3) is 0.375. The van der Waals surface area contributed by atoms with Gasteiger partial charge in [0.05, 0.1) is 42.1 Å². The number of rotatable bonds is 9. The number of carbonyl (C=O) groups is 4. The first-order valence-electron chi connectivity index (χ1n) is 21.5. The predicted molar refractivity (Wildman–Crippen MR) is 237 cm³/mol. The maximum Gasteiger partial charge on any atom is 0.407 e. The number of H-pyrrole nitrogens is 2. The van der Waals surface area contributed by atoms with Gasteiger partial charge in [0, 0.05) is 31.1 Å². The molecule has 0 bridgehead atoms. The maximum atomic E-state index is 14.2. The summed E-state index contributed by atoms with van der Waals surface area (Å²) in [5.74, 6) is 1.98. The van der Waals surface area contributed by atoms with Crippen LogP contribution in [0.5, 0.6) is 5.75 Å². The van der Waals surface area contributed by atoms with Crippen molar-refractivity contribution in [2.45, 2.75) is 71.3 Å². The highest BCUT2D eigenvalue weighted by molar-refractivity contribution is 6.07. The maximum absolute atomic E-state index is 14.2. The Balaban J connectivity index is 0.972. The first-order valence-corrected chi connectivity index (χ1v) is 21.5. The van der Waals surface area contributed by atoms with Crippen molar-refractivity contribution in [3.05, 3.63) is 102 Å². The Hall–Kier alpha value is -6.90. The monoisotopic (exact) mass is 852 g/mol. The summed E-state index contributed by atoms with van der Waals surface area (Å²) in [5, 5.41) is 14.6. The number of amides is 4. The fourth-order valence-corrected chi connectivity index (χ4v) is 9.69. The summed E-state index contributed by atoms with van der Waals surface area (Å²) in [4.78, 5) is 74.0. The Kier molecular flexibility index (Phi) is 10.8. The number of hydrogen-bond donors (Lipinski definition) is 4. The molecule has 15 heteroatoms. The molecule has 63 heavy (non-hydrogen) atoms. The number of nitrogens with one attached hydrogen (secondary N) is 3. The van der Waals surface area contributed by atoms with Gasteiger partial charge in [-0.2, -0.15) is 0 Å². The van der Waals surface area contributed by atoms with Crippen LogP contribution in [0.25, 0.3) is 44.2 Å². The first kappa shape index (κ1) is 41.5. The molecule has 4 aromatic carbocycles. The second-order valence-corrected chi connectivity index (χ2v) is 17.8. The SMILES string of the molecule is COC(=O)N[C@H](C(=O)N1C[C@@H](C)C[C@H]1c1nc2c(ccc3cc4c(cc32)OCc2cc(-c3cnc([C@@H]5C[C@H](C)CN5C(=O)[C@@H](c5ccccc5)N(C)C(=O)O)[nH]3)ccc2-4)[nH]1)C(C)C. The van der Waals surface area contributed by atoms with Gasteiger partial charge in [-0.15, -0.1) is 0 Å². The lowest BCUT2D eigenvalue weighted by Gasteiger charge is -2.32. The molecule has 9 rings (SSSR count). The van der Waals surface area contributed by atoms with Gasteiger partial charge in [-0.05, 0) is 82.5 Å². The lowest BCUT2D eigenvalue weighted by molar-refractivity contribution is -0.137. The molecule has 6 atom stereocenters. The summed E-state index contributed by atoms with van der Waals surface area (Å²) in [7, 11) is 2.72. The number of fused-ring (bicyclic) bond motifs is 6. The van der Waals surface area contributed by atoms with Crippen molar-refractivity contribution in [1.82, 2.24) is 40.0 Å². The van der Waals surface area contributed by atoms with E-state index in [-0.39, 0.29) is 41.7 Å². The van der Waals surface area contributed by atoms with E-state index >= 15 is 0 Å². The summed E-state index contributed by atoms with van der Waals surface area (Å²) in [6.07, 6.45) is 1.41. The number of carboxylic acid groups (broad SMARTS) is 1. The highest BCUT2D eigenvalue weighted by Crippen LogP contribution is 2.44. The molecular formula is C48H52N8O7. The number of likely N-dealkylation sites (N-methyl/N-ethyl adjacent to an activating group) is 1. The number of nitrogens with zero attached hydrogens (tertiary/aromatic N) is 5. The van der Waals surface area contributed by atoms with E-state index in [1.54, 1.807) is 23.2 Å². The van der Waals surface area contributed by atoms with Crippen LogP contribution in [0.15, 0.2) is 79.0 Å². The van der Waals surface area contributed by atoms with Crippen LogP contribution in [-0.2, 0) is 20.9 Å². The molecule has 3 aliphatic rings. The molecule has 326 valence electrons. The second-order valence-electron chi connectivity index (χ2n) is 17.8. The van der Waals surface area contributed by atoms with Gasteiger partial charge in [0.25, 0.3) is 5.91 Å². The van der Waals surface area contributed by atoms with Crippen molar-refractivity contribution in [2.24, 2.45) is 17.8 Å². The van der Waals surface area contributed by atoms with Crippen LogP contribution in [0, 0.1) is 17.8 Å². The molecule has 0 unspecified atom stereocenters. The zero-order valence-corrected chi connectivity index (χ0v) is 36.2. The molecule has 0 aliphatic carbocycles. The molecule has 0 radical (unpaired) electrons. The Morgan fingerprint density at radius 3 is 2.30 bits per heavy atom. The van der Waals surface area contributed by atoms with Crippen LogP contribution < -0.4 is 10.1 Å². The largest absolute Gasteiger partial charge is 0.488 e. The van der Waals surface area contributed by atoms with Crippen molar-refractivity contribution >= 4 is 45.8 Å². The summed E-state index contributed by atoms with van der Waals surface area (Å²) in [6, 6.07) is 21.2. The van der Waals surface area contributed by atoms with E-state index in [2.05, 4.69) is 65.5 Å². The van der Waals surface area contributed by atoms with Crippen molar-refractivity contribution in [3.63, 3.8) is 0 Å². The number of aromatic nitrogens is 4. The van der Waals surface area contributed by atoms with Gasteiger partial charge >= 0.3 is 12.2 Å². The quantitative estimate of drug-likeness (QED) is 0.111. The highest BCUT2D eigenvalue weighted by atomic mass is 16.5. The van der Waals surface area contributed by atoms with Gasteiger partial charge in [0.1, 0.15) is 36.1 Å². The number of hydrogen-bond acceptors (Lipinski definition) is 8. The van der Waals surface area contributed by atoms with E-state index in [0.29, 0.717) is 43.3 Å². The molecule has 2 fully saturated rings. The molecule has 2 aromatic heterocycles. The van der Waals surface area contributed by atoms with E-state index in [1.165, 1.54) is 14.2 Å². The molecule has 4 N–H and O–H groups in total. The lowest BCUT2D eigenvalue weighted by atomic mass is 9.92. The van der Waals surface area contributed by atoms with Gasteiger partial charge in [-0.1, -0.05) is 76.2 Å². The van der Waals surface area contributed by atoms with E-state index in [4.69, 9.17) is 19.4 Å².